The van der Waals surface area contributed by atoms with Gasteiger partial charge in [-0.2, -0.15) is 27.1 Å². The molecule has 0 unspecified atom stereocenters. The molecule has 0 saturated carbocycles. The van der Waals surface area contributed by atoms with Gasteiger partial charge in [0.15, 0.2) is 0 Å². The van der Waals surface area contributed by atoms with E-state index in [9.17, 15) is 26.7 Å². The highest BCUT2D eigenvalue weighted by molar-refractivity contribution is 5.59. The van der Waals surface area contributed by atoms with Crippen molar-refractivity contribution in [2.75, 3.05) is 0 Å². The van der Waals surface area contributed by atoms with Gasteiger partial charge in [-0.05, 0) is 30.3 Å². The monoisotopic (exact) mass is 400 g/mol. The van der Waals surface area contributed by atoms with Crippen LogP contribution in [-0.4, -0.2) is 32.1 Å². The lowest BCUT2D eigenvalue weighted by atomic mass is 10.1. The molecule has 2 aromatic heterocycles. The number of alkyl halides is 5. The van der Waals surface area contributed by atoms with Gasteiger partial charge in [0, 0.05) is 24.0 Å². The molecule has 1 aromatic carbocycles. The molecule has 6 nitrogen and oxygen atoms in total. The van der Waals surface area contributed by atoms with Crippen molar-refractivity contribution < 1.29 is 26.7 Å². The van der Waals surface area contributed by atoms with Crippen LogP contribution in [0.1, 0.15) is 5.82 Å². The molecule has 0 aliphatic heterocycles. The zero-order valence-corrected chi connectivity index (χ0v) is 14.1. The molecule has 0 N–H and O–H groups in total. The minimum atomic E-state index is -4.43. The fourth-order valence-corrected chi connectivity index (χ4v) is 2.49. The van der Waals surface area contributed by atoms with Crippen molar-refractivity contribution in [1.29, 1.82) is 0 Å². The Morgan fingerprint density at radius 3 is 2.43 bits per heavy atom. The molecule has 0 atom stereocenters. The Morgan fingerprint density at radius 2 is 1.79 bits per heavy atom. The Kier molecular flexibility index (Phi) is 5.43. The number of hydrogen-bond donors (Lipinski definition) is 0. The van der Waals surface area contributed by atoms with Gasteiger partial charge in [-0.25, -0.2) is 9.67 Å². The second kappa shape index (κ2) is 7.79. The van der Waals surface area contributed by atoms with Crippen molar-refractivity contribution in [2.45, 2.75) is 25.9 Å². The van der Waals surface area contributed by atoms with Crippen LogP contribution >= 0.6 is 0 Å². The van der Waals surface area contributed by atoms with Crippen LogP contribution in [0.15, 0.2) is 53.6 Å². The van der Waals surface area contributed by atoms with E-state index in [0.29, 0.717) is 11.3 Å². The normalized spacial score (nSPS) is 11.8. The van der Waals surface area contributed by atoms with Gasteiger partial charge in [-0.15, -0.1) is 0 Å². The molecule has 0 amide bonds. The summed E-state index contributed by atoms with van der Waals surface area (Å²) in [6, 6.07) is 8.20. The van der Waals surface area contributed by atoms with Crippen molar-refractivity contribution in [3.63, 3.8) is 0 Å². The van der Waals surface area contributed by atoms with Crippen LogP contribution in [0.25, 0.3) is 11.3 Å². The molecule has 0 fully saturated rings. The van der Waals surface area contributed by atoms with Crippen molar-refractivity contribution in [3.05, 3.63) is 65.0 Å². The average Bonchev–Trinajstić information content (AvgIpc) is 3.02. The first kappa shape index (κ1) is 19.5. The summed E-state index contributed by atoms with van der Waals surface area (Å²) in [5.41, 5.74) is 0.314. The predicted molar refractivity (Wildman–Crippen MR) is 87.9 cm³/mol. The predicted octanol–water partition coefficient (Wildman–Crippen LogP) is 3.32. The Hall–Kier alpha value is -3.24. The van der Waals surface area contributed by atoms with Gasteiger partial charge >= 0.3 is 12.8 Å². The third-order valence-corrected chi connectivity index (χ3v) is 3.68. The van der Waals surface area contributed by atoms with E-state index in [1.165, 1.54) is 48.8 Å². The van der Waals surface area contributed by atoms with Crippen LogP contribution in [-0.2, 0) is 13.1 Å². The quantitative estimate of drug-likeness (QED) is 0.596. The summed E-state index contributed by atoms with van der Waals surface area (Å²) >= 11 is 0. The second-order valence-electron chi connectivity index (χ2n) is 5.70. The number of benzene rings is 1. The molecule has 148 valence electrons. The maximum absolute atomic E-state index is 12.6. The SMILES string of the molecule is O=c1ccc(-c2ccc(OC(F)F)cc2)nn1Cc1nccn1CC(F)(F)F. The van der Waals surface area contributed by atoms with Crippen LogP contribution in [0, 0.1) is 0 Å². The molecule has 0 bridgehead atoms. The summed E-state index contributed by atoms with van der Waals surface area (Å²) < 4.78 is 68.4. The summed E-state index contributed by atoms with van der Waals surface area (Å²) in [7, 11) is 0. The third-order valence-electron chi connectivity index (χ3n) is 3.68. The largest absolute Gasteiger partial charge is 0.435 e. The van der Waals surface area contributed by atoms with E-state index in [-0.39, 0.29) is 18.1 Å². The van der Waals surface area contributed by atoms with E-state index >= 15 is 0 Å². The number of aromatic nitrogens is 4. The van der Waals surface area contributed by atoms with E-state index < -0.39 is 24.9 Å². The topological polar surface area (TPSA) is 61.9 Å². The first-order valence-electron chi connectivity index (χ1n) is 7.91. The number of hydrogen-bond acceptors (Lipinski definition) is 4. The van der Waals surface area contributed by atoms with E-state index in [0.717, 1.165) is 9.25 Å². The summed E-state index contributed by atoms with van der Waals surface area (Å²) in [6.45, 7) is -4.45. The van der Waals surface area contributed by atoms with Crippen molar-refractivity contribution >= 4 is 0 Å². The number of halogens is 5. The van der Waals surface area contributed by atoms with Crippen LogP contribution in [0.5, 0.6) is 5.75 Å². The Bertz CT molecular complexity index is 996. The molecule has 0 radical (unpaired) electrons. The van der Waals surface area contributed by atoms with Crippen LogP contribution in [0.3, 0.4) is 0 Å². The first-order chi connectivity index (χ1) is 13.2. The van der Waals surface area contributed by atoms with Crippen molar-refractivity contribution in [1.82, 2.24) is 19.3 Å². The zero-order chi connectivity index (χ0) is 20.3. The van der Waals surface area contributed by atoms with E-state index in [1.807, 2.05) is 0 Å². The summed E-state index contributed by atoms with van der Waals surface area (Å²) in [4.78, 5) is 15.9. The fourth-order valence-electron chi connectivity index (χ4n) is 2.49. The average molecular weight is 400 g/mol. The lowest BCUT2D eigenvalue weighted by Crippen LogP contribution is -2.26. The molecule has 0 saturated heterocycles. The van der Waals surface area contributed by atoms with Gasteiger partial charge in [-0.3, -0.25) is 4.79 Å². The molecule has 2 heterocycles. The fraction of sp³-hybridized carbons (Fsp3) is 0.235. The summed E-state index contributed by atoms with van der Waals surface area (Å²) in [5.74, 6) is -0.0222. The first-order valence-corrected chi connectivity index (χ1v) is 7.91. The van der Waals surface area contributed by atoms with Crippen molar-refractivity contribution in [2.24, 2.45) is 0 Å². The van der Waals surface area contributed by atoms with Gasteiger partial charge in [-0.1, -0.05) is 0 Å². The maximum Gasteiger partial charge on any atom is 0.406 e. The smallest absolute Gasteiger partial charge is 0.406 e. The Morgan fingerprint density at radius 1 is 1.07 bits per heavy atom. The Labute approximate surface area is 154 Å². The number of ether oxygens (including phenoxy) is 1. The standard InChI is InChI=1S/C17H13F5N4O2/c18-16(19)28-12-3-1-11(2-4-12)13-5-6-15(27)26(24-13)9-14-23-7-8-25(14)10-17(20,21)22/h1-8,16H,9-10H2. The summed E-state index contributed by atoms with van der Waals surface area (Å²) in [5, 5.41) is 4.13. The maximum atomic E-state index is 12.6. The molecular formula is C17H13F5N4O2. The van der Waals surface area contributed by atoms with Crippen molar-refractivity contribution in [3.8, 4) is 17.0 Å². The molecule has 11 heteroatoms. The zero-order valence-electron chi connectivity index (χ0n) is 14.1. The molecule has 0 aliphatic rings. The minimum Gasteiger partial charge on any atom is -0.435 e. The minimum absolute atomic E-state index is 0.0183. The number of rotatable bonds is 6. The van der Waals surface area contributed by atoms with E-state index in [1.54, 1.807) is 0 Å². The number of imidazole rings is 1. The molecule has 28 heavy (non-hydrogen) atoms. The van der Waals surface area contributed by atoms with Crippen LogP contribution in [0.2, 0.25) is 0 Å². The van der Waals surface area contributed by atoms with E-state index in [2.05, 4.69) is 14.8 Å². The lowest BCUT2D eigenvalue weighted by Gasteiger charge is -2.12. The van der Waals surface area contributed by atoms with Gasteiger partial charge in [0.2, 0.25) is 0 Å². The number of nitrogens with zero attached hydrogens (tertiary/aromatic N) is 4. The lowest BCUT2D eigenvalue weighted by molar-refractivity contribution is -0.141. The van der Waals surface area contributed by atoms with Gasteiger partial charge in [0.05, 0.1) is 5.69 Å². The van der Waals surface area contributed by atoms with Gasteiger partial charge in [0.1, 0.15) is 24.7 Å². The second-order valence-corrected chi connectivity index (χ2v) is 5.70. The molecule has 3 rings (SSSR count). The Balaban J connectivity index is 1.85. The molecular weight excluding hydrogens is 387 g/mol. The van der Waals surface area contributed by atoms with Gasteiger partial charge in [0.25, 0.3) is 5.56 Å². The highest BCUT2D eigenvalue weighted by Gasteiger charge is 2.28. The molecule has 0 aliphatic carbocycles. The highest BCUT2D eigenvalue weighted by Crippen LogP contribution is 2.21. The molecule has 0 spiro atoms. The highest BCUT2D eigenvalue weighted by atomic mass is 19.4. The van der Waals surface area contributed by atoms with E-state index in [4.69, 9.17) is 0 Å². The molecule has 3 aromatic rings. The third kappa shape index (κ3) is 4.93. The summed E-state index contributed by atoms with van der Waals surface area (Å²) in [6.07, 6.45) is -2.06. The van der Waals surface area contributed by atoms with Gasteiger partial charge < -0.3 is 9.30 Å². The van der Waals surface area contributed by atoms with Crippen LogP contribution < -0.4 is 10.3 Å². The van der Waals surface area contributed by atoms with Crippen LogP contribution in [0.4, 0.5) is 22.0 Å².